The summed E-state index contributed by atoms with van der Waals surface area (Å²) in [5.41, 5.74) is 1.22. The number of rotatable bonds is 13. The van der Waals surface area contributed by atoms with E-state index in [0.717, 1.165) is 16.3 Å². The SMILES string of the molecule is COc1ccc(C2(C(=O)N(CCCc3cccc(Cl)c3)Cc3nc(C(=O)CS(=O)(=O)N(C)C)c(C)s3)CC2)nc1.Cl. The Labute approximate surface area is 256 Å². The summed E-state index contributed by atoms with van der Waals surface area (Å²) >= 11 is 7.45. The third kappa shape index (κ3) is 7.84. The molecule has 0 saturated heterocycles. The van der Waals surface area contributed by atoms with E-state index in [4.69, 9.17) is 16.3 Å². The standard InChI is InChI=1S/C28H33ClN4O5S2.ClH/c1-19-26(23(34)18-40(36,37)32(2)3)31-25(39-19)17-33(14-6-8-20-7-5-9-21(29)15-20)27(35)28(12-13-28)24-11-10-22(38-4)16-30-24;/h5,7,9-11,15-16H,6,8,12-14,17-18H2,1-4H3;1H. The third-order valence-electron chi connectivity index (χ3n) is 6.99. The van der Waals surface area contributed by atoms with Gasteiger partial charge < -0.3 is 9.64 Å². The van der Waals surface area contributed by atoms with Crippen molar-refractivity contribution in [2.45, 2.75) is 44.6 Å². The number of aryl methyl sites for hydroxylation is 2. The van der Waals surface area contributed by atoms with Crippen molar-refractivity contribution in [2.75, 3.05) is 33.5 Å². The first-order valence-corrected chi connectivity index (χ1v) is 15.7. The van der Waals surface area contributed by atoms with Gasteiger partial charge >= 0.3 is 0 Å². The number of amides is 1. The van der Waals surface area contributed by atoms with Gasteiger partial charge in [0, 0.05) is 30.5 Å². The highest BCUT2D eigenvalue weighted by Gasteiger charge is 2.54. The van der Waals surface area contributed by atoms with Gasteiger partial charge in [0.1, 0.15) is 22.2 Å². The van der Waals surface area contributed by atoms with Crippen molar-refractivity contribution < 1.29 is 22.7 Å². The van der Waals surface area contributed by atoms with Crippen LogP contribution in [0.3, 0.4) is 0 Å². The number of sulfonamides is 1. The molecule has 1 aromatic carbocycles. The predicted octanol–water partition coefficient (Wildman–Crippen LogP) is 4.70. The monoisotopic (exact) mass is 640 g/mol. The van der Waals surface area contributed by atoms with Crippen molar-refractivity contribution >= 4 is 57.1 Å². The van der Waals surface area contributed by atoms with Crippen molar-refractivity contribution in [1.29, 1.82) is 0 Å². The molecule has 1 aliphatic carbocycles. The number of nitrogens with zero attached hydrogens (tertiary/aromatic N) is 4. The first kappa shape index (κ1) is 32.9. The highest BCUT2D eigenvalue weighted by Crippen LogP contribution is 2.49. The fourth-order valence-corrected chi connectivity index (χ4v) is 6.42. The third-order valence-corrected chi connectivity index (χ3v) is 9.92. The van der Waals surface area contributed by atoms with Gasteiger partial charge in [0.05, 0.1) is 31.0 Å². The maximum absolute atomic E-state index is 14.0. The Morgan fingerprint density at radius 2 is 1.90 bits per heavy atom. The summed E-state index contributed by atoms with van der Waals surface area (Å²) in [5.74, 6) is -0.628. The lowest BCUT2D eigenvalue weighted by atomic mass is 9.99. The summed E-state index contributed by atoms with van der Waals surface area (Å²) in [5, 5.41) is 1.25. The lowest BCUT2D eigenvalue weighted by molar-refractivity contribution is -0.134. The van der Waals surface area contributed by atoms with E-state index in [9.17, 15) is 18.0 Å². The molecular weight excluding hydrogens is 607 g/mol. The van der Waals surface area contributed by atoms with Gasteiger partial charge in [0.2, 0.25) is 15.9 Å². The van der Waals surface area contributed by atoms with Crippen molar-refractivity contribution in [3.8, 4) is 5.75 Å². The molecule has 0 N–H and O–H groups in total. The maximum Gasteiger partial charge on any atom is 0.235 e. The number of hydrogen-bond donors (Lipinski definition) is 0. The topological polar surface area (TPSA) is 110 Å². The number of halogens is 2. The van der Waals surface area contributed by atoms with Gasteiger partial charge in [-0.15, -0.1) is 23.7 Å². The van der Waals surface area contributed by atoms with E-state index < -0.39 is 27.0 Å². The molecule has 2 aromatic heterocycles. The molecule has 1 fully saturated rings. The van der Waals surface area contributed by atoms with Gasteiger partial charge in [0.15, 0.2) is 5.78 Å². The van der Waals surface area contributed by atoms with E-state index in [1.165, 1.54) is 25.4 Å². The second-order valence-corrected chi connectivity index (χ2v) is 14.0. The summed E-state index contributed by atoms with van der Waals surface area (Å²) in [6.45, 7) is 2.43. The predicted molar refractivity (Wildman–Crippen MR) is 163 cm³/mol. The van der Waals surface area contributed by atoms with E-state index in [1.807, 2.05) is 36.4 Å². The van der Waals surface area contributed by atoms with Gasteiger partial charge in [0.25, 0.3) is 0 Å². The lowest BCUT2D eigenvalue weighted by Crippen LogP contribution is -2.40. The average Bonchev–Trinajstić information content (AvgIpc) is 3.64. The quantitative estimate of drug-likeness (QED) is 0.249. The second kappa shape index (κ2) is 13.6. The highest BCUT2D eigenvalue weighted by molar-refractivity contribution is 7.89. The molecule has 4 rings (SSSR count). The lowest BCUT2D eigenvalue weighted by Gasteiger charge is -2.27. The highest BCUT2D eigenvalue weighted by atomic mass is 35.5. The van der Waals surface area contributed by atoms with Crippen LogP contribution in [0.25, 0.3) is 0 Å². The van der Waals surface area contributed by atoms with Crippen molar-refractivity contribution in [1.82, 2.24) is 19.2 Å². The van der Waals surface area contributed by atoms with Gasteiger partial charge in [-0.25, -0.2) is 17.7 Å². The number of pyridine rings is 1. The van der Waals surface area contributed by atoms with Crippen LogP contribution < -0.4 is 4.74 Å². The second-order valence-electron chi connectivity index (χ2n) is 10.1. The van der Waals surface area contributed by atoms with Crippen LogP contribution in [0.15, 0.2) is 42.6 Å². The number of thiazole rings is 1. The number of ketones is 1. The van der Waals surface area contributed by atoms with E-state index >= 15 is 0 Å². The molecule has 2 heterocycles. The van der Waals surface area contributed by atoms with Crippen LogP contribution in [-0.2, 0) is 33.2 Å². The number of hydrogen-bond acceptors (Lipinski definition) is 8. The largest absolute Gasteiger partial charge is 0.495 e. The molecule has 0 spiro atoms. The van der Waals surface area contributed by atoms with E-state index in [0.29, 0.717) is 52.2 Å². The Hall–Kier alpha value is -2.57. The smallest absolute Gasteiger partial charge is 0.235 e. The van der Waals surface area contributed by atoms with Gasteiger partial charge in [-0.2, -0.15) is 0 Å². The van der Waals surface area contributed by atoms with Crippen LogP contribution in [-0.4, -0.2) is 72.8 Å². The molecule has 1 amide bonds. The number of methoxy groups -OCH3 is 1. The van der Waals surface area contributed by atoms with Crippen molar-refractivity contribution in [3.63, 3.8) is 0 Å². The number of carbonyl (C=O) groups excluding carboxylic acids is 2. The Balaban J connectivity index is 0.00000462. The normalized spacial score (nSPS) is 13.9. The molecule has 0 aliphatic heterocycles. The zero-order chi connectivity index (χ0) is 29.1. The first-order chi connectivity index (χ1) is 18.9. The molecule has 0 radical (unpaired) electrons. The van der Waals surface area contributed by atoms with Crippen LogP contribution in [0.4, 0.5) is 0 Å². The number of aromatic nitrogens is 2. The molecule has 41 heavy (non-hydrogen) atoms. The zero-order valence-corrected chi connectivity index (χ0v) is 26.6. The fraction of sp³-hybridized carbons (Fsp3) is 0.429. The summed E-state index contributed by atoms with van der Waals surface area (Å²) in [7, 11) is 0.630. The average molecular weight is 642 g/mol. The molecule has 3 aromatic rings. The Morgan fingerprint density at radius 1 is 1.17 bits per heavy atom. The molecule has 222 valence electrons. The minimum absolute atomic E-state index is 0. The van der Waals surface area contributed by atoms with Crippen LogP contribution in [0.5, 0.6) is 5.75 Å². The van der Waals surface area contributed by atoms with Gasteiger partial charge in [-0.05, 0) is 62.4 Å². The molecule has 1 aliphatic rings. The number of benzene rings is 1. The molecular formula is C28H34Cl2N4O5S2. The fourth-order valence-electron chi connectivity index (χ4n) is 4.51. The number of ether oxygens (including phenoxy) is 1. The minimum atomic E-state index is -3.72. The Bertz CT molecular complexity index is 1490. The van der Waals surface area contributed by atoms with Gasteiger partial charge in [-0.3, -0.25) is 14.6 Å². The molecule has 9 nitrogen and oxygen atoms in total. The summed E-state index contributed by atoms with van der Waals surface area (Å²) in [6, 6.07) is 11.3. The Morgan fingerprint density at radius 3 is 2.49 bits per heavy atom. The molecule has 13 heteroatoms. The van der Waals surface area contributed by atoms with Gasteiger partial charge in [-0.1, -0.05) is 23.7 Å². The minimum Gasteiger partial charge on any atom is -0.495 e. The number of Topliss-reactive ketones (excluding diaryl/α,β-unsaturated/α-hetero) is 1. The molecule has 0 bridgehead atoms. The Kier molecular flexibility index (Phi) is 10.9. The zero-order valence-electron chi connectivity index (χ0n) is 23.4. The van der Waals surface area contributed by atoms with E-state index in [-0.39, 0.29) is 30.6 Å². The molecule has 1 saturated carbocycles. The van der Waals surface area contributed by atoms with E-state index in [1.54, 1.807) is 25.1 Å². The summed E-state index contributed by atoms with van der Waals surface area (Å²) < 4.78 is 30.8. The summed E-state index contributed by atoms with van der Waals surface area (Å²) in [6.07, 6.45) is 4.45. The van der Waals surface area contributed by atoms with E-state index in [2.05, 4.69) is 9.97 Å². The van der Waals surface area contributed by atoms with Crippen LogP contribution >= 0.6 is 35.3 Å². The van der Waals surface area contributed by atoms with Crippen LogP contribution in [0.2, 0.25) is 5.02 Å². The first-order valence-electron chi connectivity index (χ1n) is 12.9. The maximum atomic E-state index is 14.0. The number of carbonyl (C=O) groups is 2. The van der Waals surface area contributed by atoms with Crippen LogP contribution in [0, 0.1) is 6.92 Å². The molecule has 0 atom stereocenters. The van der Waals surface area contributed by atoms with Crippen molar-refractivity contribution in [2.24, 2.45) is 0 Å². The van der Waals surface area contributed by atoms with Crippen LogP contribution in [0.1, 0.15) is 50.9 Å². The summed E-state index contributed by atoms with van der Waals surface area (Å²) in [4.78, 5) is 38.3. The van der Waals surface area contributed by atoms with Crippen molar-refractivity contribution in [3.05, 3.63) is 74.5 Å². The molecule has 0 unspecified atom stereocenters.